The Kier molecular flexibility index (Phi) is 5.23. The normalized spacial score (nSPS) is 21.1. The monoisotopic (exact) mass is 372 g/mol. The molecular formula is C21H29ClN4. The summed E-state index contributed by atoms with van der Waals surface area (Å²) in [6.07, 6.45) is 7.37. The van der Waals surface area contributed by atoms with Gasteiger partial charge in [-0.15, -0.1) is 0 Å². The van der Waals surface area contributed by atoms with E-state index in [0.29, 0.717) is 6.04 Å². The second-order valence-electron chi connectivity index (χ2n) is 7.53. The lowest BCUT2D eigenvalue weighted by Crippen LogP contribution is -2.34. The van der Waals surface area contributed by atoms with Crippen molar-refractivity contribution < 1.29 is 0 Å². The highest BCUT2D eigenvalue weighted by Crippen LogP contribution is 2.38. The molecule has 1 saturated heterocycles. The summed E-state index contributed by atoms with van der Waals surface area (Å²) in [6, 6.07) is 6.55. The van der Waals surface area contributed by atoms with Crippen LogP contribution in [0.25, 0.3) is 5.69 Å². The molecule has 1 aromatic heterocycles. The fourth-order valence-corrected chi connectivity index (χ4v) is 4.65. The molecule has 0 radical (unpaired) electrons. The van der Waals surface area contributed by atoms with Gasteiger partial charge in [-0.25, -0.2) is 4.68 Å². The van der Waals surface area contributed by atoms with Crippen molar-refractivity contribution in [3.63, 3.8) is 0 Å². The average Bonchev–Trinajstić information content (AvgIpc) is 2.85. The predicted octanol–water partition coefficient (Wildman–Crippen LogP) is 5.13. The molecule has 2 aliphatic heterocycles. The van der Waals surface area contributed by atoms with Crippen molar-refractivity contribution in [2.24, 2.45) is 0 Å². The highest BCUT2D eigenvalue weighted by Gasteiger charge is 2.31. The summed E-state index contributed by atoms with van der Waals surface area (Å²) in [6.45, 7) is 7.65. The Hall–Kier alpha value is -1.52. The van der Waals surface area contributed by atoms with Crippen LogP contribution in [0.3, 0.4) is 0 Å². The van der Waals surface area contributed by atoms with E-state index in [4.69, 9.17) is 16.7 Å². The lowest BCUT2D eigenvalue weighted by molar-refractivity contribution is 0.152. The van der Waals surface area contributed by atoms with E-state index in [1.54, 1.807) is 0 Å². The Labute approximate surface area is 161 Å². The van der Waals surface area contributed by atoms with Gasteiger partial charge in [-0.1, -0.05) is 31.0 Å². The largest absolute Gasteiger partial charge is 0.370 e. The zero-order chi connectivity index (χ0) is 18.1. The molecule has 3 heterocycles. The van der Waals surface area contributed by atoms with Gasteiger partial charge in [-0.05, 0) is 69.8 Å². The maximum Gasteiger partial charge on any atom is 0.133 e. The van der Waals surface area contributed by atoms with Gasteiger partial charge < -0.3 is 5.32 Å². The molecule has 1 aromatic carbocycles. The van der Waals surface area contributed by atoms with Crippen molar-refractivity contribution in [2.45, 2.75) is 58.4 Å². The summed E-state index contributed by atoms with van der Waals surface area (Å²) < 4.78 is 2.12. The SMILES string of the molecule is CCN1CCCCC1c1nn(-c2cccc(Cl)c2C)c2c1CCCCN2. The zero-order valence-corrected chi connectivity index (χ0v) is 16.6. The number of halogens is 1. The fourth-order valence-electron chi connectivity index (χ4n) is 4.48. The van der Waals surface area contributed by atoms with Crippen LogP contribution in [0.15, 0.2) is 18.2 Å². The van der Waals surface area contributed by atoms with Gasteiger partial charge in [0, 0.05) is 17.1 Å². The Morgan fingerprint density at radius 1 is 1.23 bits per heavy atom. The Morgan fingerprint density at radius 3 is 2.96 bits per heavy atom. The van der Waals surface area contributed by atoms with E-state index in [0.717, 1.165) is 35.8 Å². The Morgan fingerprint density at radius 2 is 2.12 bits per heavy atom. The average molecular weight is 373 g/mol. The molecule has 1 unspecified atom stereocenters. The quantitative estimate of drug-likeness (QED) is 0.810. The smallest absolute Gasteiger partial charge is 0.133 e. The van der Waals surface area contributed by atoms with E-state index in [-0.39, 0.29) is 0 Å². The number of aromatic nitrogens is 2. The topological polar surface area (TPSA) is 33.1 Å². The lowest BCUT2D eigenvalue weighted by atomic mass is 9.95. The van der Waals surface area contributed by atoms with Crippen LogP contribution in [0.4, 0.5) is 5.82 Å². The summed E-state index contributed by atoms with van der Waals surface area (Å²) in [5.74, 6) is 1.18. The molecule has 26 heavy (non-hydrogen) atoms. The first-order valence-corrected chi connectivity index (χ1v) is 10.4. The number of anilines is 1. The standard InChI is InChI=1S/C21H29ClN4/c1-3-25-14-7-5-11-19(25)20-16-9-4-6-13-23-21(16)26(24-20)18-12-8-10-17(22)15(18)2/h8,10,12,19,23H,3-7,9,11,13-14H2,1-2H3. The van der Waals surface area contributed by atoms with Crippen molar-refractivity contribution >= 4 is 17.4 Å². The van der Waals surface area contributed by atoms with Gasteiger partial charge in [-0.3, -0.25) is 4.90 Å². The van der Waals surface area contributed by atoms with Crippen LogP contribution in [0.1, 0.15) is 61.9 Å². The first-order valence-electron chi connectivity index (χ1n) is 10.1. The number of hydrogen-bond acceptors (Lipinski definition) is 3. The van der Waals surface area contributed by atoms with Crippen LogP contribution in [0, 0.1) is 6.92 Å². The number of rotatable bonds is 3. The highest BCUT2D eigenvalue weighted by atomic mass is 35.5. The summed E-state index contributed by atoms with van der Waals surface area (Å²) >= 11 is 6.41. The number of hydrogen-bond donors (Lipinski definition) is 1. The van der Waals surface area contributed by atoms with Gasteiger partial charge >= 0.3 is 0 Å². The number of benzene rings is 1. The van der Waals surface area contributed by atoms with E-state index >= 15 is 0 Å². The first-order chi connectivity index (χ1) is 12.7. The molecule has 0 amide bonds. The van der Waals surface area contributed by atoms with Gasteiger partial charge in [0.25, 0.3) is 0 Å². The van der Waals surface area contributed by atoms with E-state index in [1.165, 1.54) is 55.7 Å². The molecule has 1 fully saturated rings. The molecule has 0 saturated carbocycles. The van der Waals surface area contributed by atoms with Crippen molar-refractivity contribution in [1.82, 2.24) is 14.7 Å². The van der Waals surface area contributed by atoms with Crippen LogP contribution in [-0.2, 0) is 6.42 Å². The van der Waals surface area contributed by atoms with Gasteiger partial charge in [-0.2, -0.15) is 5.10 Å². The molecule has 5 heteroatoms. The van der Waals surface area contributed by atoms with Crippen molar-refractivity contribution in [1.29, 1.82) is 0 Å². The molecule has 4 rings (SSSR count). The summed E-state index contributed by atoms with van der Waals surface area (Å²) in [7, 11) is 0. The third-order valence-corrected chi connectivity index (χ3v) is 6.37. The number of piperidine rings is 1. The molecule has 1 atom stereocenters. The second kappa shape index (κ2) is 7.61. The van der Waals surface area contributed by atoms with Crippen LogP contribution < -0.4 is 5.32 Å². The Bertz CT molecular complexity index is 783. The number of nitrogens with one attached hydrogen (secondary N) is 1. The third-order valence-electron chi connectivity index (χ3n) is 5.96. The zero-order valence-electron chi connectivity index (χ0n) is 15.9. The maximum atomic E-state index is 6.41. The molecule has 0 aliphatic carbocycles. The van der Waals surface area contributed by atoms with Crippen LogP contribution in [0.5, 0.6) is 0 Å². The van der Waals surface area contributed by atoms with E-state index < -0.39 is 0 Å². The van der Waals surface area contributed by atoms with Crippen molar-refractivity contribution in [3.8, 4) is 5.69 Å². The lowest BCUT2D eigenvalue weighted by Gasteiger charge is -2.34. The molecular weight excluding hydrogens is 344 g/mol. The molecule has 140 valence electrons. The van der Waals surface area contributed by atoms with E-state index in [2.05, 4.69) is 34.8 Å². The van der Waals surface area contributed by atoms with Crippen molar-refractivity contribution in [3.05, 3.63) is 40.0 Å². The number of fused-ring (bicyclic) bond motifs is 1. The third kappa shape index (κ3) is 3.14. The molecule has 2 aromatic rings. The van der Waals surface area contributed by atoms with Gasteiger partial charge in [0.2, 0.25) is 0 Å². The maximum absolute atomic E-state index is 6.41. The Balaban J connectivity index is 1.85. The minimum atomic E-state index is 0.447. The molecule has 1 N–H and O–H groups in total. The van der Waals surface area contributed by atoms with Crippen molar-refractivity contribution in [2.75, 3.05) is 25.0 Å². The summed E-state index contributed by atoms with van der Waals surface area (Å²) in [5, 5.41) is 9.65. The first kappa shape index (κ1) is 17.9. The van der Waals surface area contributed by atoms with E-state index in [9.17, 15) is 0 Å². The summed E-state index contributed by atoms with van der Waals surface area (Å²) in [4.78, 5) is 2.60. The van der Waals surface area contributed by atoms with Crippen LogP contribution in [0.2, 0.25) is 5.02 Å². The van der Waals surface area contributed by atoms with Crippen LogP contribution >= 0.6 is 11.6 Å². The van der Waals surface area contributed by atoms with E-state index in [1.807, 2.05) is 12.1 Å². The minimum Gasteiger partial charge on any atom is -0.370 e. The number of nitrogens with zero attached hydrogens (tertiary/aromatic N) is 3. The molecule has 4 nitrogen and oxygen atoms in total. The van der Waals surface area contributed by atoms with Gasteiger partial charge in [0.05, 0.1) is 17.4 Å². The predicted molar refractivity (Wildman–Crippen MR) is 109 cm³/mol. The van der Waals surface area contributed by atoms with Gasteiger partial charge in [0.15, 0.2) is 0 Å². The highest BCUT2D eigenvalue weighted by molar-refractivity contribution is 6.31. The minimum absolute atomic E-state index is 0.447. The fraction of sp³-hybridized carbons (Fsp3) is 0.571. The molecule has 2 aliphatic rings. The molecule has 0 spiro atoms. The summed E-state index contributed by atoms with van der Waals surface area (Å²) in [5.41, 5.74) is 4.89. The number of likely N-dealkylation sites (tertiary alicyclic amines) is 1. The van der Waals surface area contributed by atoms with Crippen LogP contribution in [-0.4, -0.2) is 34.3 Å². The second-order valence-corrected chi connectivity index (χ2v) is 7.94. The van der Waals surface area contributed by atoms with Gasteiger partial charge in [0.1, 0.15) is 5.82 Å². The molecule has 0 bridgehead atoms.